The molecule has 0 bridgehead atoms. The SMILES string of the molecule is Cc1cc(C(F)(F)F)ccc1-c1cn[nH]c1. The quantitative estimate of drug-likeness (QED) is 0.793. The van der Waals surface area contributed by atoms with Gasteiger partial charge >= 0.3 is 6.18 Å². The van der Waals surface area contributed by atoms with E-state index in [9.17, 15) is 13.2 Å². The number of nitrogens with one attached hydrogen (secondary N) is 1. The zero-order valence-electron chi connectivity index (χ0n) is 8.47. The fraction of sp³-hybridized carbons (Fsp3) is 0.182. The van der Waals surface area contributed by atoms with Gasteiger partial charge in [-0.3, -0.25) is 5.10 Å². The second kappa shape index (κ2) is 3.66. The van der Waals surface area contributed by atoms with Crippen LogP contribution >= 0.6 is 0 Å². The highest BCUT2D eigenvalue weighted by molar-refractivity contribution is 5.66. The first kappa shape index (κ1) is 10.7. The number of aryl methyl sites for hydroxylation is 1. The van der Waals surface area contributed by atoms with Crippen molar-refractivity contribution in [3.63, 3.8) is 0 Å². The molecule has 2 rings (SSSR count). The number of hydrogen-bond acceptors (Lipinski definition) is 1. The third-order valence-electron chi connectivity index (χ3n) is 2.36. The predicted octanol–water partition coefficient (Wildman–Crippen LogP) is 3.40. The van der Waals surface area contributed by atoms with Gasteiger partial charge in [-0.2, -0.15) is 18.3 Å². The normalized spacial score (nSPS) is 11.8. The van der Waals surface area contributed by atoms with Crippen molar-refractivity contribution in [1.82, 2.24) is 10.2 Å². The molecule has 1 aromatic carbocycles. The van der Waals surface area contributed by atoms with Crippen molar-refractivity contribution < 1.29 is 13.2 Å². The molecule has 0 spiro atoms. The minimum Gasteiger partial charge on any atom is -0.285 e. The topological polar surface area (TPSA) is 28.7 Å². The second-order valence-corrected chi connectivity index (χ2v) is 3.51. The lowest BCUT2D eigenvalue weighted by Gasteiger charge is -2.09. The molecule has 0 aliphatic rings. The second-order valence-electron chi connectivity index (χ2n) is 3.51. The van der Waals surface area contributed by atoms with E-state index >= 15 is 0 Å². The summed E-state index contributed by atoms with van der Waals surface area (Å²) < 4.78 is 37.3. The number of aromatic nitrogens is 2. The zero-order valence-corrected chi connectivity index (χ0v) is 8.47. The molecule has 0 unspecified atom stereocenters. The van der Waals surface area contributed by atoms with Crippen LogP contribution in [0.1, 0.15) is 11.1 Å². The summed E-state index contributed by atoms with van der Waals surface area (Å²) in [4.78, 5) is 0. The van der Waals surface area contributed by atoms with Crippen LogP contribution in [0, 0.1) is 6.92 Å². The predicted molar refractivity (Wildman–Crippen MR) is 53.8 cm³/mol. The molecule has 0 fully saturated rings. The summed E-state index contributed by atoms with van der Waals surface area (Å²) in [5, 5.41) is 6.39. The number of hydrogen-bond donors (Lipinski definition) is 1. The molecule has 2 aromatic rings. The van der Waals surface area contributed by atoms with E-state index in [2.05, 4.69) is 10.2 Å². The molecule has 0 radical (unpaired) electrons. The van der Waals surface area contributed by atoms with Crippen LogP contribution in [0.25, 0.3) is 11.1 Å². The molecule has 0 saturated carbocycles. The van der Waals surface area contributed by atoms with Crippen LogP contribution < -0.4 is 0 Å². The number of alkyl halides is 3. The van der Waals surface area contributed by atoms with Crippen LogP contribution in [0.5, 0.6) is 0 Å². The highest BCUT2D eigenvalue weighted by atomic mass is 19.4. The Morgan fingerprint density at radius 3 is 2.50 bits per heavy atom. The smallest absolute Gasteiger partial charge is 0.285 e. The average molecular weight is 226 g/mol. The highest BCUT2D eigenvalue weighted by Crippen LogP contribution is 2.32. The van der Waals surface area contributed by atoms with Crippen molar-refractivity contribution in [2.45, 2.75) is 13.1 Å². The van der Waals surface area contributed by atoms with E-state index in [1.54, 1.807) is 19.3 Å². The van der Waals surface area contributed by atoms with E-state index in [1.807, 2.05) is 0 Å². The summed E-state index contributed by atoms with van der Waals surface area (Å²) in [6, 6.07) is 3.68. The summed E-state index contributed by atoms with van der Waals surface area (Å²) in [7, 11) is 0. The molecule has 84 valence electrons. The van der Waals surface area contributed by atoms with Crippen LogP contribution in [-0.2, 0) is 6.18 Å². The largest absolute Gasteiger partial charge is 0.416 e. The standard InChI is InChI=1S/C11H9F3N2/c1-7-4-9(11(12,13)14)2-3-10(7)8-5-15-16-6-8/h2-6H,1H3,(H,15,16). The van der Waals surface area contributed by atoms with Gasteiger partial charge in [-0.05, 0) is 30.2 Å². The monoisotopic (exact) mass is 226 g/mol. The van der Waals surface area contributed by atoms with Crippen LogP contribution in [-0.4, -0.2) is 10.2 Å². The fourth-order valence-corrected chi connectivity index (χ4v) is 1.56. The molecule has 1 heterocycles. The Morgan fingerprint density at radius 1 is 1.25 bits per heavy atom. The maximum atomic E-state index is 12.4. The Labute approximate surface area is 90.1 Å². The summed E-state index contributed by atoms with van der Waals surface area (Å²) in [6.45, 7) is 1.65. The number of benzene rings is 1. The van der Waals surface area contributed by atoms with Crippen molar-refractivity contribution in [2.75, 3.05) is 0 Å². The molecule has 0 amide bonds. The van der Waals surface area contributed by atoms with Crippen molar-refractivity contribution in [2.24, 2.45) is 0 Å². The molecule has 16 heavy (non-hydrogen) atoms. The molecular weight excluding hydrogens is 217 g/mol. The van der Waals surface area contributed by atoms with E-state index < -0.39 is 11.7 Å². The van der Waals surface area contributed by atoms with E-state index in [4.69, 9.17) is 0 Å². The van der Waals surface area contributed by atoms with Crippen molar-refractivity contribution >= 4 is 0 Å². The number of H-pyrrole nitrogens is 1. The van der Waals surface area contributed by atoms with E-state index in [0.29, 0.717) is 5.56 Å². The molecule has 0 aliphatic carbocycles. The van der Waals surface area contributed by atoms with E-state index in [1.165, 1.54) is 6.07 Å². The number of rotatable bonds is 1. The van der Waals surface area contributed by atoms with Crippen LogP contribution in [0.2, 0.25) is 0 Å². The lowest BCUT2D eigenvalue weighted by Crippen LogP contribution is -2.05. The minimum atomic E-state index is -4.29. The van der Waals surface area contributed by atoms with Crippen LogP contribution in [0.15, 0.2) is 30.6 Å². The highest BCUT2D eigenvalue weighted by Gasteiger charge is 2.30. The van der Waals surface area contributed by atoms with E-state index in [-0.39, 0.29) is 0 Å². The van der Waals surface area contributed by atoms with Gasteiger partial charge < -0.3 is 0 Å². The molecule has 0 saturated heterocycles. The third kappa shape index (κ3) is 1.93. The van der Waals surface area contributed by atoms with Gasteiger partial charge in [0.15, 0.2) is 0 Å². The summed E-state index contributed by atoms with van der Waals surface area (Å²) in [5.74, 6) is 0. The van der Waals surface area contributed by atoms with Gasteiger partial charge in [-0.15, -0.1) is 0 Å². The van der Waals surface area contributed by atoms with Gasteiger partial charge in [-0.25, -0.2) is 0 Å². The third-order valence-corrected chi connectivity index (χ3v) is 2.36. The van der Waals surface area contributed by atoms with Crippen LogP contribution in [0.4, 0.5) is 13.2 Å². The first-order valence-electron chi connectivity index (χ1n) is 4.65. The first-order valence-corrected chi connectivity index (χ1v) is 4.65. The fourth-order valence-electron chi connectivity index (χ4n) is 1.56. The molecule has 2 nitrogen and oxygen atoms in total. The molecule has 0 aliphatic heterocycles. The average Bonchev–Trinajstić information content (AvgIpc) is 2.69. The lowest BCUT2D eigenvalue weighted by molar-refractivity contribution is -0.137. The summed E-state index contributed by atoms with van der Waals surface area (Å²) >= 11 is 0. The number of aromatic amines is 1. The Hall–Kier alpha value is -1.78. The molecule has 1 aromatic heterocycles. The number of nitrogens with zero attached hydrogens (tertiary/aromatic N) is 1. The maximum Gasteiger partial charge on any atom is 0.416 e. The van der Waals surface area contributed by atoms with Gasteiger partial charge in [-0.1, -0.05) is 6.07 Å². The molecule has 1 N–H and O–H groups in total. The van der Waals surface area contributed by atoms with Crippen molar-refractivity contribution in [3.8, 4) is 11.1 Å². The lowest BCUT2D eigenvalue weighted by atomic mass is 10.0. The molecule has 0 atom stereocenters. The Morgan fingerprint density at radius 2 is 2.00 bits per heavy atom. The van der Waals surface area contributed by atoms with Gasteiger partial charge in [0.25, 0.3) is 0 Å². The Balaban J connectivity index is 2.46. The van der Waals surface area contributed by atoms with Gasteiger partial charge in [0.2, 0.25) is 0 Å². The Kier molecular flexibility index (Phi) is 2.46. The van der Waals surface area contributed by atoms with Crippen LogP contribution in [0.3, 0.4) is 0 Å². The van der Waals surface area contributed by atoms with E-state index in [0.717, 1.165) is 23.3 Å². The van der Waals surface area contributed by atoms with Gasteiger partial charge in [0.05, 0.1) is 11.8 Å². The zero-order chi connectivity index (χ0) is 11.8. The number of halogens is 3. The van der Waals surface area contributed by atoms with Gasteiger partial charge in [0.1, 0.15) is 0 Å². The first-order chi connectivity index (χ1) is 7.48. The minimum absolute atomic E-state index is 0.580. The molecular formula is C11H9F3N2. The molecule has 5 heteroatoms. The van der Waals surface area contributed by atoms with Crippen molar-refractivity contribution in [1.29, 1.82) is 0 Å². The summed E-state index contributed by atoms with van der Waals surface area (Å²) in [5.41, 5.74) is 1.49. The van der Waals surface area contributed by atoms with Gasteiger partial charge in [0, 0.05) is 11.8 Å². The summed E-state index contributed by atoms with van der Waals surface area (Å²) in [6.07, 6.45) is -1.06. The Bertz CT molecular complexity index is 486. The maximum absolute atomic E-state index is 12.4. The van der Waals surface area contributed by atoms with Crippen molar-refractivity contribution in [3.05, 3.63) is 41.7 Å².